The molecular weight excluding hydrogens is 418 g/mol. The molecule has 4 rings (SSSR count). The minimum atomic E-state index is -3.06. The topological polar surface area (TPSA) is 99.5 Å². The van der Waals surface area contributed by atoms with Gasteiger partial charge >= 0.3 is 0 Å². The normalized spacial score (nSPS) is 20.3. The monoisotopic (exact) mass is 439 g/mol. The molecule has 29 heavy (non-hydrogen) atoms. The Morgan fingerprint density at radius 1 is 1.31 bits per heavy atom. The number of rotatable bonds is 4. The van der Waals surface area contributed by atoms with Crippen molar-refractivity contribution in [3.63, 3.8) is 0 Å². The fraction of sp³-hybridized carbons (Fsp3) is 0.474. The number of halogens is 1. The van der Waals surface area contributed by atoms with Crippen LogP contribution in [-0.4, -0.2) is 48.8 Å². The van der Waals surface area contributed by atoms with E-state index in [4.69, 9.17) is 21.1 Å². The summed E-state index contributed by atoms with van der Waals surface area (Å²) in [6.07, 6.45) is 1.34. The second-order valence-corrected chi connectivity index (χ2v) is 9.99. The fourth-order valence-corrected chi connectivity index (χ4v) is 5.60. The minimum Gasteiger partial charge on any atom is -0.489 e. The zero-order chi connectivity index (χ0) is 20.6. The van der Waals surface area contributed by atoms with Crippen LogP contribution < -0.4 is 14.8 Å². The highest BCUT2D eigenvalue weighted by Gasteiger charge is 2.31. The number of hydrogen-bond donors (Lipinski definition) is 1. The summed E-state index contributed by atoms with van der Waals surface area (Å²) in [4.78, 5) is 12.6. The van der Waals surface area contributed by atoms with E-state index in [9.17, 15) is 13.2 Å². The average molecular weight is 440 g/mol. The lowest BCUT2D eigenvalue weighted by molar-refractivity contribution is -0.115. The van der Waals surface area contributed by atoms with Crippen LogP contribution in [0.15, 0.2) is 18.2 Å². The van der Waals surface area contributed by atoms with Gasteiger partial charge in [-0.25, -0.2) is 13.1 Å². The molecular formula is C19H22ClN3O5S. The second-order valence-electron chi connectivity index (χ2n) is 7.35. The SMILES string of the molecule is Cc1cc(NC(=O)Cc2cc(Cl)c3c(c2)OCCCO3)n([C@@H]2CCS(=O)(=O)C2)n1. The van der Waals surface area contributed by atoms with Gasteiger partial charge in [0.2, 0.25) is 5.91 Å². The van der Waals surface area contributed by atoms with Gasteiger partial charge in [0, 0.05) is 12.5 Å². The lowest BCUT2D eigenvalue weighted by atomic mass is 10.1. The van der Waals surface area contributed by atoms with Crippen LogP contribution >= 0.6 is 11.6 Å². The number of fused-ring (bicyclic) bond motifs is 1. The molecule has 1 aromatic carbocycles. The Bertz CT molecular complexity index is 1050. The molecule has 1 aromatic heterocycles. The number of carbonyl (C=O) groups excluding carboxylic acids is 1. The maximum absolute atomic E-state index is 12.6. The Morgan fingerprint density at radius 2 is 2.10 bits per heavy atom. The van der Waals surface area contributed by atoms with Gasteiger partial charge in [0.1, 0.15) is 5.82 Å². The highest BCUT2D eigenvalue weighted by atomic mass is 35.5. The van der Waals surface area contributed by atoms with Gasteiger partial charge in [-0.2, -0.15) is 5.10 Å². The Balaban J connectivity index is 1.50. The molecule has 0 unspecified atom stereocenters. The molecule has 2 aliphatic rings. The molecule has 1 N–H and O–H groups in total. The number of nitrogens with one attached hydrogen (secondary N) is 1. The largest absolute Gasteiger partial charge is 0.489 e. The minimum absolute atomic E-state index is 0.0365. The molecule has 1 saturated heterocycles. The highest BCUT2D eigenvalue weighted by Crippen LogP contribution is 2.38. The van der Waals surface area contributed by atoms with Crippen LogP contribution in [0, 0.1) is 6.92 Å². The Morgan fingerprint density at radius 3 is 2.86 bits per heavy atom. The van der Waals surface area contributed by atoms with Gasteiger partial charge in [0.25, 0.3) is 0 Å². The van der Waals surface area contributed by atoms with Gasteiger partial charge in [-0.1, -0.05) is 11.6 Å². The molecule has 2 aromatic rings. The summed E-state index contributed by atoms with van der Waals surface area (Å²) in [5.74, 6) is 1.46. The van der Waals surface area contributed by atoms with Crippen molar-refractivity contribution in [3.05, 3.63) is 34.5 Å². The molecule has 0 saturated carbocycles. The Kier molecular flexibility index (Phi) is 5.44. The van der Waals surface area contributed by atoms with E-state index >= 15 is 0 Å². The predicted octanol–water partition coefficient (Wildman–Crippen LogP) is 2.55. The molecule has 3 heterocycles. The molecule has 1 amide bonds. The Labute approximate surface area is 174 Å². The van der Waals surface area contributed by atoms with E-state index in [2.05, 4.69) is 10.4 Å². The fourth-order valence-electron chi connectivity index (χ4n) is 3.62. The molecule has 10 heteroatoms. The number of ether oxygens (including phenoxy) is 2. The summed E-state index contributed by atoms with van der Waals surface area (Å²) in [6, 6.07) is 4.93. The predicted molar refractivity (Wildman–Crippen MR) is 109 cm³/mol. The molecule has 0 spiro atoms. The summed E-state index contributed by atoms with van der Waals surface area (Å²) in [6.45, 7) is 2.87. The van der Waals surface area contributed by atoms with Crippen LogP contribution in [0.5, 0.6) is 11.5 Å². The van der Waals surface area contributed by atoms with Crippen molar-refractivity contribution in [1.82, 2.24) is 9.78 Å². The van der Waals surface area contributed by atoms with E-state index in [0.717, 1.165) is 6.42 Å². The highest BCUT2D eigenvalue weighted by molar-refractivity contribution is 7.91. The molecule has 1 atom stereocenters. The number of aryl methyl sites for hydroxylation is 1. The molecule has 0 aliphatic carbocycles. The number of nitrogens with zero attached hydrogens (tertiary/aromatic N) is 2. The van der Waals surface area contributed by atoms with Crippen molar-refractivity contribution in [3.8, 4) is 11.5 Å². The molecule has 2 aliphatic heterocycles. The number of amides is 1. The van der Waals surface area contributed by atoms with Crippen LogP contribution in [0.1, 0.15) is 30.1 Å². The number of sulfone groups is 1. The zero-order valence-corrected chi connectivity index (χ0v) is 17.6. The number of benzene rings is 1. The van der Waals surface area contributed by atoms with Crippen molar-refractivity contribution in [2.24, 2.45) is 0 Å². The van der Waals surface area contributed by atoms with Gasteiger partial charge in [-0.3, -0.25) is 4.79 Å². The number of hydrogen-bond acceptors (Lipinski definition) is 6. The van der Waals surface area contributed by atoms with E-state index < -0.39 is 9.84 Å². The van der Waals surface area contributed by atoms with Crippen molar-refractivity contribution >= 4 is 33.2 Å². The maximum atomic E-state index is 12.6. The van der Waals surface area contributed by atoms with Crippen LogP contribution in [-0.2, 0) is 21.1 Å². The molecule has 8 nitrogen and oxygen atoms in total. The number of anilines is 1. The standard InChI is InChI=1S/C19H22ClN3O5S/c1-12-7-17(23(22-12)14-3-6-29(25,26)11-14)21-18(24)10-13-8-15(20)19-16(9-13)27-4-2-5-28-19/h7-9,14H,2-6,10-11H2,1H3,(H,21,24)/t14-/m1/s1. The third-order valence-electron chi connectivity index (χ3n) is 4.91. The summed E-state index contributed by atoms with van der Waals surface area (Å²) in [5.41, 5.74) is 1.41. The van der Waals surface area contributed by atoms with E-state index in [1.807, 2.05) is 0 Å². The van der Waals surface area contributed by atoms with Gasteiger partial charge in [0.05, 0.1) is 47.9 Å². The van der Waals surface area contributed by atoms with Gasteiger partial charge in [0.15, 0.2) is 21.3 Å². The number of carbonyl (C=O) groups is 1. The van der Waals surface area contributed by atoms with E-state index in [-0.39, 0.29) is 29.9 Å². The van der Waals surface area contributed by atoms with E-state index in [0.29, 0.717) is 53.2 Å². The molecule has 1 fully saturated rings. The van der Waals surface area contributed by atoms with Crippen molar-refractivity contribution in [2.45, 2.75) is 32.2 Å². The molecule has 156 valence electrons. The maximum Gasteiger partial charge on any atom is 0.229 e. The summed E-state index contributed by atoms with van der Waals surface area (Å²) >= 11 is 6.30. The smallest absolute Gasteiger partial charge is 0.229 e. The first kappa shape index (κ1) is 20.0. The van der Waals surface area contributed by atoms with Crippen molar-refractivity contribution in [2.75, 3.05) is 30.0 Å². The van der Waals surface area contributed by atoms with Crippen LogP contribution in [0.4, 0.5) is 5.82 Å². The summed E-state index contributed by atoms with van der Waals surface area (Å²) in [5, 5.41) is 7.63. The Hall–Kier alpha value is -2.26. The molecule has 0 radical (unpaired) electrons. The van der Waals surface area contributed by atoms with Gasteiger partial charge in [-0.05, 0) is 31.0 Å². The third-order valence-corrected chi connectivity index (χ3v) is 6.94. The quantitative estimate of drug-likeness (QED) is 0.785. The number of aromatic nitrogens is 2. The van der Waals surface area contributed by atoms with Crippen molar-refractivity contribution in [1.29, 1.82) is 0 Å². The van der Waals surface area contributed by atoms with E-state index in [1.165, 1.54) is 0 Å². The lowest BCUT2D eigenvalue weighted by Gasteiger charge is -2.14. The lowest BCUT2D eigenvalue weighted by Crippen LogP contribution is -2.20. The average Bonchev–Trinajstić information content (AvgIpc) is 3.07. The first-order chi connectivity index (χ1) is 13.8. The zero-order valence-electron chi connectivity index (χ0n) is 16.0. The van der Waals surface area contributed by atoms with Crippen LogP contribution in [0.2, 0.25) is 5.02 Å². The van der Waals surface area contributed by atoms with Gasteiger partial charge < -0.3 is 14.8 Å². The van der Waals surface area contributed by atoms with Crippen LogP contribution in [0.3, 0.4) is 0 Å². The van der Waals surface area contributed by atoms with Crippen molar-refractivity contribution < 1.29 is 22.7 Å². The summed E-state index contributed by atoms with van der Waals surface area (Å²) < 4.78 is 36.5. The third kappa shape index (κ3) is 4.51. The summed E-state index contributed by atoms with van der Waals surface area (Å²) in [7, 11) is -3.06. The second kappa shape index (κ2) is 7.87. The molecule has 0 bridgehead atoms. The van der Waals surface area contributed by atoms with Gasteiger partial charge in [-0.15, -0.1) is 0 Å². The van der Waals surface area contributed by atoms with E-state index in [1.54, 1.807) is 29.8 Å². The first-order valence-electron chi connectivity index (χ1n) is 9.45. The first-order valence-corrected chi connectivity index (χ1v) is 11.6. The van der Waals surface area contributed by atoms with Crippen LogP contribution in [0.25, 0.3) is 0 Å².